The summed E-state index contributed by atoms with van der Waals surface area (Å²) in [5.41, 5.74) is 2.09. The molecule has 0 saturated carbocycles. The molecule has 2 N–H and O–H groups in total. The number of H-pyrrole nitrogens is 1. The number of para-hydroxylation sites is 1. The summed E-state index contributed by atoms with van der Waals surface area (Å²) in [7, 11) is 0. The smallest absolute Gasteiger partial charge is 0.276 e. The van der Waals surface area contributed by atoms with E-state index in [0.717, 1.165) is 24.1 Å². The lowest BCUT2D eigenvalue weighted by molar-refractivity contribution is -0.131. The number of nitrogens with zero attached hydrogens (tertiary/aromatic N) is 3. The lowest BCUT2D eigenvalue weighted by Gasteiger charge is -2.31. The molecular weight excluding hydrogens is 385 g/mol. The van der Waals surface area contributed by atoms with Crippen LogP contribution in [0.15, 0.2) is 54.9 Å². The van der Waals surface area contributed by atoms with E-state index in [-0.39, 0.29) is 23.2 Å². The third kappa shape index (κ3) is 4.53. The Balaban J connectivity index is 1.32. The molecule has 0 bridgehead atoms. The van der Waals surface area contributed by atoms with Crippen LogP contribution in [0.4, 0.5) is 10.1 Å². The van der Waals surface area contributed by atoms with Crippen molar-refractivity contribution in [2.45, 2.75) is 25.2 Å². The van der Waals surface area contributed by atoms with Gasteiger partial charge in [-0.2, -0.15) is 5.10 Å². The van der Waals surface area contributed by atoms with Crippen LogP contribution in [-0.2, 0) is 11.2 Å². The highest BCUT2D eigenvalue weighted by Gasteiger charge is 2.26. The Morgan fingerprint density at radius 2 is 1.97 bits per heavy atom. The van der Waals surface area contributed by atoms with Crippen molar-refractivity contribution in [1.82, 2.24) is 20.1 Å². The number of likely N-dealkylation sites (tertiary alicyclic amines) is 1. The normalized spacial score (nSPS) is 14.5. The number of carbonyl (C=O) groups excluding carboxylic acids is 2. The van der Waals surface area contributed by atoms with Gasteiger partial charge in [-0.05, 0) is 42.7 Å². The van der Waals surface area contributed by atoms with Crippen molar-refractivity contribution in [3.63, 3.8) is 0 Å². The van der Waals surface area contributed by atoms with Crippen LogP contribution in [0.5, 0.6) is 0 Å². The number of amides is 2. The number of hydrogen-bond donors (Lipinski definition) is 2. The van der Waals surface area contributed by atoms with Crippen molar-refractivity contribution in [2.75, 3.05) is 18.4 Å². The minimum Gasteiger partial charge on any atom is -0.342 e. The van der Waals surface area contributed by atoms with E-state index in [9.17, 15) is 14.0 Å². The van der Waals surface area contributed by atoms with Gasteiger partial charge in [-0.25, -0.2) is 4.39 Å². The van der Waals surface area contributed by atoms with Crippen molar-refractivity contribution < 1.29 is 14.0 Å². The largest absolute Gasteiger partial charge is 0.342 e. The van der Waals surface area contributed by atoms with E-state index in [1.807, 2.05) is 17.0 Å². The Hall–Kier alpha value is -3.55. The molecule has 2 aromatic heterocycles. The molecule has 3 aromatic rings. The molecule has 0 aliphatic carbocycles. The molecular formula is C22H22FN5O2. The van der Waals surface area contributed by atoms with Crippen molar-refractivity contribution in [2.24, 2.45) is 0 Å². The van der Waals surface area contributed by atoms with Crippen LogP contribution < -0.4 is 5.32 Å². The number of halogens is 1. The summed E-state index contributed by atoms with van der Waals surface area (Å²) >= 11 is 0. The van der Waals surface area contributed by atoms with Crippen molar-refractivity contribution in [3.8, 4) is 0 Å². The highest BCUT2D eigenvalue weighted by Crippen LogP contribution is 2.27. The summed E-state index contributed by atoms with van der Waals surface area (Å²) in [5, 5.41) is 9.54. The highest BCUT2D eigenvalue weighted by molar-refractivity contribution is 6.03. The van der Waals surface area contributed by atoms with Gasteiger partial charge < -0.3 is 10.2 Å². The number of hydrogen-bond acceptors (Lipinski definition) is 4. The minimum absolute atomic E-state index is 0.0935. The molecule has 3 heterocycles. The van der Waals surface area contributed by atoms with Crippen LogP contribution in [0.2, 0.25) is 0 Å². The third-order valence-electron chi connectivity index (χ3n) is 5.32. The quantitative estimate of drug-likeness (QED) is 0.680. The summed E-state index contributed by atoms with van der Waals surface area (Å²) in [6, 6.07) is 11.4. The molecule has 4 rings (SSSR count). The van der Waals surface area contributed by atoms with Gasteiger partial charge in [-0.15, -0.1) is 0 Å². The fraction of sp³-hybridized carbons (Fsp3) is 0.273. The number of aromatic nitrogens is 3. The van der Waals surface area contributed by atoms with Crippen LogP contribution in [0.1, 0.15) is 40.5 Å². The van der Waals surface area contributed by atoms with Crippen LogP contribution in [0.3, 0.4) is 0 Å². The number of carbonyl (C=O) groups is 2. The molecule has 7 nitrogen and oxygen atoms in total. The summed E-state index contributed by atoms with van der Waals surface area (Å²) in [6.45, 7) is 1.30. The topological polar surface area (TPSA) is 91.0 Å². The molecule has 1 saturated heterocycles. The Morgan fingerprint density at radius 3 is 2.70 bits per heavy atom. The molecule has 0 unspecified atom stereocenters. The van der Waals surface area contributed by atoms with E-state index in [1.54, 1.807) is 30.6 Å². The van der Waals surface area contributed by atoms with Gasteiger partial charge in [0.05, 0.1) is 12.1 Å². The summed E-state index contributed by atoms with van der Waals surface area (Å²) in [4.78, 5) is 30.8. The van der Waals surface area contributed by atoms with E-state index in [2.05, 4.69) is 20.5 Å². The second kappa shape index (κ2) is 8.86. The molecule has 0 spiro atoms. The minimum atomic E-state index is -0.495. The molecule has 1 aromatic carbocycles. The fourth-order valence-electron chi connectivity index (χ4n) is 3.64. The second-order valence-corrected chi connectivity index (χ2v) is 7.34. The Kier molecular flexibility index (Phi) is 5.83. The summed E-state index contributed by atoms with van der Waals surface area (Å²) in [5.74, 6) is -0.678. The Bertz CT molecular complexity index is 1030. The van der Waals surface area contributed by atoms with Crippen molar-refractivity contribution >= 4 is 17.5 Å². The maximum atomic E-state index is 13.7. The highest BCUT2D eigenvalue weighted by atomic mass is 19.1. The van der Waals surface area contributed by atoms with E-state index < -0.39 is 11.7 Å². The summed E-state index contributed by atoms with van der Waals surface area (Å²) < 4.78 is 13.7. The van der Waals surface area contributed by atoms with E-state index in [1.165, 1.54) is 12.1 Å². The van der Waals surface area contributed by atoms with E-state index >= 15 is 0 Å². The molecule has 2 amide bonds. The van der Waals surface area contributed by atoms with Crippen LogP contribution >= 0.6 is 0 Å². The number of nitrogens with one attached hydrogen (secondary N) is 2. The predicted octanol–water partition coefficient (Wildman–Crippen LogP) is 3.14. The molecule has 1 aliphatic rings. The number of rotatable bonds is 5. The number of piperidine rings is 1. The molecule has 154 valence electrons. The molecule has 30 heavy (non-hydrogen) atoms. The maximum absolute atomic E-state index is 13.7. The molecule has 0 radical (unpaired) electrons. The van der Waals surface area contributed by atoms with Crippen LogP contribution in [0, 0.1) is 5.82 Å². The zero-order chi connectivity index (χ0) is 20.9. The zero-order valence-corrected chi connectivity index (χ0v) is 16.3. The van der Waals surface area contributed by atoms with Gasteiger partial charge >= 0.3 is 0 Å². The van der Waals surface area contributed by atoms with Crippen LogP contribution in [-0.4, -0.2) is 45.0 Å². The van der Waals surface area contributed by atoms with Gasteiger partial charge in [-0.1, -0.05) is 18.2 Å². The maximum Gasteiger partial charge on any atom is 0.276 e. The SMILES string of the molecule is O=C(Nc1ccccc1F)c1cc(C2CCN(C(=O)Cc3cccnc3)CC2)[nH]n1. The fourth-order valence-corrected chi connectivity index (χ4v) is 3.64. The van der Waals surface area contributed by atoms with Gasteiger partial charge in [-0.3, -0.25) is 19.7 Å². The first kappa shape index (κ1) is 19.8. The first-order valence-electron chi connectivity index (χ1n) is 9.88. The molecule has 1 aliphatic heterocycles. The zero-order valence-electron chi connectivity index (χ0n) is 16.3. The van der Waals surface area contributed by atoms with Crippen molar-refractivity contribution in [3.05, 3.63) is 77.6 Å². The average molecular weight is 407 g/mol. The first-order chi connectivity index (χ1) is 14.6. The molecule has 1 fully saturated rings. The van der Waals surface area contributed by atoms with Gasteiger partial charge in [0, 0.05) is 37.1 Å². The standard InChI is InChI=1S/C22H22FN5O2/c23-17-5-1-2-6-18(17)25-22(30)20-13-19(26-27-20)16-7-10-28(11-8-16)21(29)12-15-4-3-9-24-14-15/h1-6,9,13-14,16H,7-8,10-12H2,(H,25,30)(H,26,27). The third-order valence-corrected chi connectivity index (χ3v) is 5.32. The van der Waals surface area contributed by atoms with Gasteiger partial charge in [0.15, 0.2) is 5.69 Å². The Morgan fingerprint density at radius 1 is 1.17 bits per heavy atom. The lowest BCUT2D eigenvalue weighted by atomic mass is 9.93. The first-order valence-corrected chi connectivity index (χ1v) is 9.88. The molecule has 8 heteroatoms. The van der Waals surface area contributed by atoms with Gasteiger partial charge in [0.2, 0.25) is 5.91 Å². The van der Waals surface area contributed by atoms with Gasteiger partial charge in [0.25, 0.3) is 5.91 Å². The number of pyridine rings is 1. The Labute approximate surface area is 173 Å². The second-order valence-electron chi connectivity index (χ2n) is 7.34. The van der Waals surface area contributed by atoms with Crippen LogP contribution in [0.25, 0.3) is 0 Å². The van der Waals surface area contributed by atoms with E-state index in [4.69, 9.17) is 0 Å². The van der Waals surface area contributed by atoms with Crippen molar-refractivity contribution in [1.29, 1.82) is 0 Å². The monoisotopic (exact) mass is 407 g/mol. The van der Waals surface area contributed by atoms with Gasteiger partial charge in [0.1, 0.15) is 5.82 Å². The predicted molar refractivity (Wildman–Crippen MR) is 109 cm³/mol. The lowest BCUT2D eigenvalue weighted by Crippen LogP contribution is -2.38. The number of benzene rings is 1. The number of anilines is 1. The number of aromatic amines is 1. The summed E-state index contributed by atoms with van der Waals surface area (Å²) in [6.07, 6.45) is 5.32. The molecule has 0 atom stereocenters. The van der Waals surface area contributed by atoms with E-state index in [0.29, 0.717) is 19.5 Å². The average Bonchev–Trinajstić information content (AvgIpc) is 3.27.